The minimum absolute atomic E-state index is 0.163. The van der Waals surface area contributed by atoms with Crippen molar-refractivity contribution in [1.29, 1.82) is 0 Å². The van der Waals surface area contributed by atoms with Gasteiger partial charge in [-0.05, 0) is 30.3 Å². The van der Waals surface area contributed by atoms with E-state index < -0.39 is 0 Å². The van der Waals surface area contributed by atoms with E-state index in [9.17, 15) is 4.79 Å². The van der Waals surface area contributed by atoms with E-state index in [1.54, 1.807) is 24.3 Å². The van der Waals surface area contributed by atoms with Crippen molar-refractivity contribution in [2.75, 3.05) is 11.5 Å². The fourth-order valence-corrected chi connectivity index (χ4v) is 1.58. The van der Waals surface area contributed by atoms with E-state index in [-0.39, 0.29) is 11.6 Å². The number of carbonyl (C=O) groups is 1. The summed E-state index contributed by atoms with van der Waals surface area (Å²) in [6, 6.07) is 8.08. The third kappa shape index (κ3) is 2.37. The quantitative estimate of drug-likeness (QED) is 0.629. The van der Waals surface area contributed by atoms with E-state index >= 15 is 0 Å². The Morgan fingerprint density at radius 3 is 2.47 bits per heavy atom. The van der Waals surface area contributed by atoms with E-state index in [4.69, 9.17) is 23.1 Å². The molecule has 1 aromatic heterocycles. The van der Waals surface area contributed by atoms with Gasteiger partial charge in [-0.2, -0.15) is 0 Å². The monoisotopic (exact) mass is 247 g/mol. The van der Waals surface area contributed by atoms with Crippen molar-refractivity contribution in [1.82, 2.24) is 4.98 Å². The first-order valence-corrected chi connectivity index (χ1v) is 5.27. The molecule has 2 aromatic rings. The van der Waals surface area contributed by atoms with Crippen LogP contribution in [0.2, 0.25) is 5.02 Å². The van der Waals surface area contributed by atoms with Crippen LogP contribution in [0.5, 0.6) is 0 Å². The molecule has 17 heavy (non-hydrogen) atoms. The van der Waals surface area contributed by atoms with Crippen molar-refractivity contribution in [2.24, 2.45) is 0 Å². The average molecular weight is 248 g/mol. The summed E-state index contributed by atoms with van der Waals surface area (Å²) in [5, 5.41) is 0.373. The van der Waals surface area contributed by atoms with Gasteiger partial charge in [-0.3, -0.25) is 4.79 Å². The number of rotatable bonds is 2. The molecule has 0 saturated heterocycles. The van der Waals surface area contributed by atoms with Crippen molar-refractivity contribution in [2.45, 2.75) is 0 Å². The Morgan fingerprint density at radius 2 is 1.82 bits per heavy atom. The van der Waals surface area contributed by atoms with Crippen LogP contribution in [0, 0.1) is 0 Å². The molecule has 0 aliphatic carbocycles. The van der Waals surface area contributed by atoms with Crippen LogP contribution < -0.4 is 11.5 Å². The highest BCUT2D eigenvalue weighted by atomic mass is 35.5. The zero-order valence-electron chi connectivity index (χ0n) is 8.85. The highest BCUT2D eigenvalue weighted by Crippen LogP contribution is 2.19. The second-order valence-corrected chi connectivity index (χ2v) is 3.97. The normalized spacial score (nSPS) is 10.2. The van der Waals surface area contributed by atoms with Gasteiger partial charge in [-0.1, -0.05) is 11.6 Å². The number of hydrogen-bond donors (Lipinski definition) is 2. The first kappa shape index (κ1) is 11.4. The fraction of sp³-hybridized carbons (Fsp3) is 0. The van der Waals surface area contributed by atoms with Crippen molar-refractivity contribution >= 4 is 28.9 Å². The number of halogens is 1. The molecule has 5 heteroatoms. The zero-order chi connectivity index (χ0) is 12.4. The Hall–Kier alpha value is -2.07. The number of nitrogen functional groups attached to an aromatic ring is 2. The van der Waals surface area contributed by atoms with Gasteiger partial charge >= 0.3 is 0 Å². The van der Waals surface area contributed by atoms with E-state index in [0.717, 1.165) is 0 Å². The van der Waals surface area contributed by atoms with Gasteiger partial charge in [0.1, 0.15) is 5.82 Å². The molecule has 4 nitrogen and oxygen atoms in total. The SMILES string of the molecule is Nc1ccc(C(=O)c2cc(Cl)cnc2N)cc1. The zero-order valence-corrected chi connectivity index (χ0v) is 9.61. The number of benzene rings is 1. The van der Waals surface area contributed by atoms with E-state index in [0.29, 0.717) is 21.8 Å². The molecule has 0 radical (unpaired) electrons. The molecule has 0 aliphatic heterocycles. The average Bonchev–Trinajstić information content (AvgIpc) is 2.32. The minimum atomic E-state index is -0.225. The number of nitrogens with two attached hydrogens (primary N) is 2. The molecule has 0 fully saturated rings. The Morgan fingerprint density at radius 1 is 1.18 bits per heavy atom. The van der Waals surface area contributed by atoms with E-state index in [1.807, 2.05) is 0 Å². The maximum absolute atomic E-state index is 12.1. The lowest BCUT2D eigenvalue weighted by molar-refractivity contribution is 0.103. The molecule has 2 rings (SSSR count). The molecule has 86 valence electrons. The summed E-state index contributed by atoms with van der Waals surface area (Å²) in [7, 11) is 0. The second kappa shape index (κ2) is 4.43. The van der Waals surface area contributed by atoms with Gasteiger partial charge in [0.15, 0.2) is 5.78 Å². The topological polar surface area (TPSA) is 82.0 Å². The molecule has 0 bridgehead atoms. The lowest BCUT2D eigenvalue weighted by atomic mass is 10.0. The van der Waals surface area contributed by atoms with Crippen molar-refractivity contribution in [3.63, 3.8) is 0 Å². The van der Waals surface area contributed by atoms with Gasteiger partial charge in [-0.15, -0.1) is 0 Å². The lowest BCUT2D eigenvalue weighted by Gasteiger charge is -2.04. The van der Waals surface area contributed by atoms with Gasteiger partial charge in [0.25, 0.3) is 0 Å². The van der Waals surface area contributed by atoms with Gasteiger partial charge < -0.3 is 11.5 Å². The second-order valence-electron chi connectivity index (χ2n) is 3.54. The molecule has 0 aliphatic rings. The first-order chi connectivity index (χ1) is 8.08. The van der Waals surface area contributed by atoms with Crippen LogP contribution in [0.1, 0.15) is 15.9 Å². The molecular formula is C12H10ClN3O. The molecule has 0 spiro atoms. The van der Waals surface area contributed by atoms with Crippen molar-refractivity contribution < 1.29 is 4.79 Å². The standard InChI is InChI=1S/C12H10ClN3O/c13-8-5-10(12(15)16-6-8)11(17)7-1-3-9(14)4-2-7/h1-6H,14H2,(H2,15,16). The van der Waals surface area contributed by atoms with Crippen LogP contribution >= 0.6 is 11.6 Å². The van der Waals surface area contributed by atoms with Gasteiger partial charge in [-0.25, -0.2) is 4.98 Å². The molecule has 1 aromatic carbocycles. The minimum Gasteiger partial charge on any atom is -0.399 e. The summed E-state index contributed by atoms with van der Waals surface area (Å²) >= 11 is 5.78. The predicted octanol–water partition coefficient (Wildman–Crippen LogP) is 2.13. The molecule has 0 amide bonds. The molecule has 4 N–H and O–H groups in total. The van der Waals surface area contributed by atoms with Crippen LogP contribution in [0.4, 0.5) is 11.5 Å². The number of carbonyl (C=O) groups excluding carboxylic acids is 1. The molecule has 0 atom stereocenters. The largest absolute Gasteiger partial charge is 0.399 e. The highest BCUT2D eigenvalue weighted by Gasteiger charge is 2.13. The van der Waals surface area contributed by atoms with Gasteiger partial charge in [0.2, 0.25) is 0 Å². The molecule has 0 unspecified atom stereocenters. The molecule has 0 saturated carbocycles. The van der Waals surface area contributed by atoms with Crippen LogP contribution in [-0.2, 0) is 0 Å². The number of pyridine rings is 1. The number of ketones is 1. The summed E-state index contributed by atoms with van der Waals surface area (Å²) in [6.45, 7) is 0. The van der Waals surface area contributed by atoms with Crippen LogP contribution in [0.25, 0.3) is 0 Å². The van der Waals surface area contributed by atoms with Crippen LogP contribution in [-0.4, -0.2) is 10.8 Å². The number of anilines is 2. The van der Waals surface area contributed by atoms with Crippen molar-refractivity contribution in [3.8, 4) is 0 Å². The molecular weight excluding hydrogens is 238 g/mol. The fourth-order valence-electron chi connectivity index (χ4n) is 1.42. The third-order valence-electron chi connectivity index (χ3n) is 2.30. The Bertz CT molecular complexity index is 566. The lowest BCUT2D eigenvalue weighted by Crippen LogP contribution is -2.07. The Kier molecular flexibility index (Phi) is 2.97. The smallest absolute Gasteiger partial charge is 0.196 e. The van der Waals surface area contributed by atoms with Gasteiger partial charge in [0, 0.05) is 17.4 Å². The van der Waals surface area contributed by atoms with Crippen LogP contribution in [0.15, 0.2) is 36.5 Å². The number of aromatic nitrogens is 1. The predicted molar refractivity (Wildman–Crippen MR) is 67.9 cm³/mol. The highest BCUT2D eigenvalue weighted by molar-refractivity contribution is 6.31. The van der Waals surface area contributed by atoms with Crippen LogP contribution in [0.3, 0.4) is 0 Å². The number of hydrogen-bond acceptors (Lipinski definition) is 4. The Labute approximate surface area is 103 Å². The summed E-state index contributed by atoms with van der Waals surface area (Å²) in [5.74, 6) is -0.0614. The van der Waals surface area contributed by atoms with Gasteiger partial charge in [0.05, 0.1) is 10.6 Å². The maximum atomic E-state index is 12.1. The summed E-state index contributed by atoms with van der Waals surface area (Å²) < 4.78 is 0. The maximum Gasteiger partial charge on any atom is 0.196 e. The van der Waals surface area contributed by atoms with E-state index in [2.05, 4.69) is 4.98 Å². The number of nitrogens with zero attached hydrogens (tertiary/aromatic N) is 1. The third-order valence-corrected chi connectivity index (χ3v) is 2.51. The summed E-state index contributed by atoms with van der Waals surface area (Å²) in [6.07, 6.45) is 1.40. The Balaban J connectivity index is 2.43. The van der Waals surface area contributed by atoms with Crippen molar-refractivity contribution in [3.05, 3.63) is 52.7 Å². The summed E-state index contributed by atoms with van der Waals surface area (Å²) in [5.41, 5.74) is 12.6. The first-order valence-electron chi connectivity index (χ1n) is 4.89. The van der Waals surface area contributed by atoms with E-state index in [1.165, 1.54) is 12.3 Å². The summed E-state index contributed by atoms with van der Waals surface area (Å²) in [4.78, 5) is 16.0. The molecule has 1 heterocycles.